The summed E-state index contributed by atoms with van der Waals surface area (Å²) in [5.74, 6) is -0.402. The molecule has 0 radical (unpaired) electrons. The van der Waals surface area contributed by atoms with Crippen molar-refractivity contribution >= 4 is 17.6 Å². The van der Waals surface area contributed by atoms with Gasteiger partial charge in [-0.1, -0.05) is 60.7 Å². The Labute approximate surface area is 122 Å². The standard InChI is InChI=1S/C16H15O3S/c1-19-15(17)12-16(20-18,13-8-4-2-5-9-13)14-10-6-3-7-11-14/h2-11H,12H2,1H3/q+1. The lowest BCUT2D eigenvalue weighted by Gasteiger charge is -2.17. The molecule has 0 aliphatic rings. The molecule has 20 heavy (non-hydrogen) atoms. The van der Waals surface area contributed by atoms with Crippen LogP contribution >= 0.6 is 0 Å². The molecule has 3 nitrogen and oxygen atoms in total. The van der Waals surface area contributed by atoms with Gasteiger partial charge < -0.3 is 4.74 Å². The van der Waals surface area contributed by atoms with Crippen LogP contribution in [0.5, 0.6) is 0 Å². The Morgan fingerprint density at radius 2 is 1.45 bits per heavy atom. The summed E-state index contributed by atoms with van der Waals surface area (Å²) in [7, 11) is 1.33. The van der Waals surface area contributed by atoms with Gasteiger partial charge >= 0.3 is 22.4 Å². The smallest absolute Gasteiger partial charge is 0.469 e. The fourth-order valence-electron chi connectivity index (χ4n) is 2.19. The van der Waals surface area contributed by atoms with Crippen molar-refractivity contribution < 1.29 is 13.7 Å². The third-order valence-corrected chi connectivity index (χ3v) is 4.14. The predicted octanol–water partition coefficient (Wildman–Crippen LogP) is 2.92. The molecule has 0 bridgehead atoms. The Balaban J connectivity index is 2.58. The van der Waals surface area contributed by atoms with Gasteiger partial charge in [-0.3, -0.25) is 4.79 Å². The van der Waals surface area contributed by atoms with E-state index in [1.807, 2.05) is 60.7 Å². The molecule has 0 saturated heterocycles. The summed E-state index contributed by atoms with van der Waals surface area (Å²) in [6.45, 7) is 0. The third-order valence-electron chi connectivity index (χ3n) is 3.24. The van der Waals surface area contributed by atoms with Crippen molar-refractivity contribution in [2.45, 2.75) is 11.2 Å². The molecule has 0 aliphatic carbocycles. The average molecular weight is 287 g/mol. The monoisotopic (exact) mass is 287 g/mol. The van der Waals surface area contributed by atoms with Crippen LogP contribution in [-0.2, 0) is 30.2 Å². The average Bonchev–Trinajstić information content (AvgIpc) is 2.54. The van der Waals surface area contributed by atoms with Crippen LogP contribution < -0.4 is 0 Å². The zero-order valence-electron chi connectivity index (χ0n) is 11.1. The first-order valence-electron chi connectivity index (χ1n) is 6.22. The minimum atomic E-state index is -0.963. The van der Waals surface area contributed by atoms with Gasteiger partial charge in [0, 0.05) is 15.3 Å². The molecule has 0 saturated carbocycles. The van der Waals surface area contributed by atoms with Crippen LogP contribution in [-0.4, -0.2) is 13.1 Å². The number of hydrogen-bond acceptors (Lipinski definition) is 3. The molecule has 0 fully saturated rings. The highest BCUT2D eigenvalue weighted by Gasteiger charge is 2.50. The topological polar surface area (TPSA) is 43.4 Å². The van der Waals surface area contributed by atoms with E-state index in [0.717, 1.165) is 11.1 Å². The van der Waals surface area contributed by atoms with Crippen molar-refractivity contribution in [1.82, 2.24) is 0 Å². The Hall–Kier alpha value is -2.07. The summed E-state index contributed by atoms with van der Waals surface area (Å²) in [5, 5.41) is 0. The zero-order valence-corrected chi connectivity index (χ0v) is 11.9. The van der Waals surface area contributed by atoms with E-state index in [2.05, 4.69) is 0 Å². The molecule has 0 spiro atoms. The van der Waals surface area contributed by atoms with E-state index in [1.165, 1.54) is 7.11 Å². The Kier molecular flexibility index (Phi) is 4.58. The lowest BCUT2D eigenvalue weighted by atomic mass is 9.87. The lowest BCUT2D eigenvalue weighted by Crippen LogP contribution is -2.30. The van der Waals surface area contributed by atoms with E-state index in [-0.39, 0.29) is 6.42 Å². The van der Waals surface area contributed by atoms with Gasteiger partial charge in [0.1, 0.15) is 6.42 Å². The van der Waals surface area contributed by atoms with Gasteiger partial charge in [-0.15, -0.1) is 0 Å². The van der Waals surface area contributed by atoms with E-state index in [0.29, 0.717) is 11.7 Å². The summed E-state index contributed by atoms with van der Waals surface area (Å²) < 4.78 is 15.7. The fourth-order valence-corrected chi connectivity index (χ4v) is 2.83. The van der Waals surface area contributed by atoms with E-state index < -0.39 is 10.7 Å². The number of rotatable bonds is 5. The number of esters is 1. The normalized spacial score (nSPS) is 10.8. The van der Waals surface area contributed by atoms with Crippen molar-refractivity contribution in [3.8, 4) is 0 Å². The molecule has 0 aromatic heterocycles. The van der Waals surface area contributed by atoms with Crippen molar-refractivity contribution in [2.75, 3.05) is 7.11 Å². The summed E-state index contributed by atoms with van der Waals surface area (Å²) >= 11 is 0.416. The van der Waals surface area contributed by atoms with Gasteiger partial charge in [0.15, 0.2) is 0 Å². The van der Waals surface area contributed by atoms with Crippen LogP contribution in [0, 0.1) is 0 Å². The molecule has 4 heteroatoms. The number of carbonyl (C=O) groups excluding carboxylic acids is 1. The van der Waals surface area contributed by atoms with E-state index in [1.54, 1.807) is 0 Å². The zero-order chi connectivity index (χ0) is 14.4. The first kappa shape index (κ1) is 14.3. The van der Waals surface area contributed by atoms with E-state index in [9.17, 15) is 9.00 Å². The highest BCUT2D eigenvalue weighted by Crippen LogP contribution is 2.35. The maximum atomic E-state index is 11.9. The van der Waals surface area contributed by atoms with Gasteiger partial charge in [0.2, 0.25) is 0 Å². The molecule has 0 atom stereocenters. The molecular weight excluding hydrogens is 272 g/mol. The van der Waals surface area contributed by atoms with Gasteiger partial charge in [-0.25, -0.2) is 0 Å². The Morgan fingerprint density at radius 3 is 1.80 bits per heavy atom. The van der Waals surface area contributed by atoms with Crippen LogP contribution in [0.15, 0.2) is 60.7 Å². The van der Waals surface area contributed by atoms with Gasteiger partial charge in [-0.2, -0.15) is 0 Å². The van der Waals surface area contributed by atoms with Crippen LogP contribution in [0.2, 0.25) is 0 Å². The largest absolute Gasteiger partial charge is 0.476 e. The second-order valence-electron chi connectivity index (χ2n) is 4.40. The lowest BCUT2D eigenvalue weighted by molar-refractivity contribution is -0.141. The summed E-state index contributed by atoms with van der Waals surface area (Å²) in [4.78, 5) is 11.8. The Morgan fingerprint density at radius 1 is 1.00 bits per heavy atom. The second-order valence-corrected chi connectivity index (χ2v) is 5.26. The maximum absolute atomic E-state index is 11.9. The minimum Gasteiger partial charge on any atom is -0.469 e. The highest BCUT2D eigenvalue weighted by atomic mass is 32.1. The predicted molar refractivity (Wildman–Crippen MR) is 78.3 cm³/mol. The van der Waals surface area contributed by atoms with Crippen LogP contribution in [0.3, 0.4) is 0 Å². The van der Waals surface area contributed by atoms with E-state index >= 15 is 0 Å². The third kappa shape index (κ3) is 2.75. The van der Waals surface area contributed by atoms with Gasteiger partial charge in [0.25, 0.3) is 0 Å². The quantitative estimate of drug-likeness (QED) is 0.627. The van der Waals surface area contributed by atoms with Crippen LogP contribution in [0.1, 0.15) is 17.5 Å². The molecule has 0 unspecified atom stereocenters. The maximum Gasteiger partial charge on any atom is 0.476 e. The van der Waals surface area contributed by atoms with Crippen LogP contribution in [0.4, 0.5) is 0 Å². The first-order valence-corrected chi connectivity index (χ1v) is 6.96. The molecular formula is C16H15O3S+. The number of carbonyl (C=O) groups is 1. The molecule has 0 heterocycles. The van der Waals surface area contributed by atoms with Crippen molar-refractivity contribution in [3.05, 3.63) is 71.8 Å². The number of benzene rings is 2. The van der Waals surface area contributed by atoms with Crippen molar-refractivity contribution in [2.24, 2.45) is 0 Å². The molecule has 0 N–H and O–H groups in total. The fraction of sp³-hybridized carbons (Fsp3) is 0.188. The minimum absolute atomic E-state index is 0.00565. The number of ether oxygens (including phenoxy) is 1. The number of hydrogen-bond donors (Lipinski definition) is 0. The second kappa shape index (κ2) is 6.39. The van der Waals surface area contributed by atoms with Crippen LogP contribution in [0.25, 0.3) is 0 Å². The van der Waals surface area contributed by atoms with Gasteiger partial charge in [0.05, 0.1) is 7.11 Å². The molecule has 2 aromatic carbocycles. The van der Waals surface area contributed by atoms with Crippen molar-refractivity contribution in [3.63, 3.8) is 0 Å². The number of methoxy groups -OCH3 is 1. The van der Waals surface area contributed by atoms with E-state index in [4.69, 9.17) is 4.74 Å². The molecule has 0 amide bonds. The SMILES string of the molecule is COC(=O)CC([S+]=O)(c1ccccc1)c1ccccc1. The first-order chi connectivity index (χ1) is 9.73. The molecule has 2 rings (SSSR count). The van der Waals surface area contributed by atoms with Gasteiger partial charge in [-0.05, 0) is 0 Å². The van der Waals surface area contributed by atoms with Crippen molar-refractivity contribution in [1.29, 1.82) is 0 Å². The molecule has 2 aromatic rings. The Bertz CT molecular complexity index is 542. The summed E-state index contributed by atoms with van der Waals surface area (Å²) in [6.07, 6.45) is 0.00565. The highest BCUT2D eigenvalue weighted by molar-refractivity contribution is 7.67. The molecule has 102 valence electrons. The summed E-state index contributed by atoms with van der Waals surface area (Å²) in [6, 6.07) is 18.7. The molecule has 0 aliphatic heterocycles. The summed E-state index contributed by atoms with van der Waals surface area (Å²) in [5.41, 5.74) is 1.60.